The van der Waals surface area contributed by atoms with Gasteiger partial charge in [-0.15, -0.1) is 0 Å². The topological polar surface area (TPSA) is 36.4 Å². The van der Waals surface area contributed by atoms with E-state index >= 15 is 0 Å². The van der Waals surface area contributed by atoms with E-state index < -0.39 is 0 Å². The number of aliphatic imine (C=N–C) groups is 1. The summed E-state index contributed by atoms with van der Waals surface area (Å²) in [5, 5.41) is 6.35. The molecule has 0 aromatic rings. The van der Waals surface area contributed by atoms with Gasteiger partial charge in [-0.05, 0) is 33.5 Å². The van der Waals surface area contributed by atoms with Gasteiger partial charge in [0.2, 0.25) is 0 Å². The third-order valence-corrected chi connectivity index (χ3v) is 1.89. The van der Waals surface area contributed by atoms with E-state index in [4.69, 9.17) is 0 Å². The highest BCUT2D eigenvalue weighted by atomic mass is 14.9. The second kappa shape index (κ2) is 8.68. The second-order valence-corrected chi connectivity index (χ2v) is 2.90. The lowest BCUT2D eigenvalue weighted by molar-refractivity contribution is 0.580. The molecule has 3 nitrogen and oxygen atoms in total. The minimum atomic E-state index is 0.451. The van der Waals surface area contributed by atoms with Crippen molar-refractivity contribution in [2.75, 3.05) is 27.7 Å². The van der Waals surface area contributed by atoms with Crippen LogP contribution in [-0.4, -0.2) is 39.9 Å². The maximum absolute atomic E-state index is 4.00. The van der Waals surface area contributed by atoms with E-state index in [0.717, 1.165) is 6.54 Å². The highest BCUT2D eigenvalue weighted by Gasteiger charge is 1.99. The molecular weight excluding hydrogens is 150 g/mol. The van der Waals surface area contributed by atoms with Crippen LogP contribution in [0.3, 0.4) is 0 Å². The normalized spacial score (nSPS) is 13.9. The molecule has 12 heavy (non-hydrogen) atoms. The van der Waals surface area contributed by atoms with Crippen LogP contribution < -0.4 is 10.6 Å². The van der Waals surface area contributed by atoms with E-state index in [1.165, 1.54) is 19.3 Å². The van der Waals surface area contributed by atoms with Crippen molar-refractivity contribution in [3.05, 3.63) is 0 Å². The molecule has 0 bridgehead atoms. The van der Waals surface area contributed by atoms with Crippen LogP contribution in [-0.2, 0) is 0 Å². The van der Waals surface area contributed by atoms with Crippen LogP contribution in [0.5, 0.6) is 0 Å². The van der Waals surface area contributed by atoms with Crippen LogP contribution in [0.1, 0.15) is 19.3 Å². The van der Waals surface area contributed by atoms with Crippen molar-refractivity contribution in [3.8, 4) is 0 Å². The first-order chi connectivity index (χ1) is 5.85. The van der Waals surface area contributed by atoms with E-state index in [1.54, 1.807) is 0 Å². The predicted molar refractivity (Wildman–Crippen MR) is 55.0 cm³/mol. The van der Waals surface area contributed by atoms with Crippen LogP contribution in [0.2, 0.25) is 0 Å². The Morgan fingerprint density at radius 3 is 2.58 bits per heavy atom. The Morgan fingerprint density at radius 1 is 1.33 bits per heavy atom. The lowest BCUT2D eigenvalue weighted by atomic mass is 10.1. The number of hydrogen-bond donors (Lipinski definition) is 2. The molecule has 0 radical (unpaired) electrons. The molecule has 0 aliphatic heterocycles. The molecule has 0 aromatic carbocycles. The summed E-state index contributed by atoms with van der Waals surface area (Å²) >= 11 is 0. The van der Waals surface area contributed by atoms with E-state index in [2.05, 4.69) is 15.6 Å². The molecule has 0 heterocycles. The van der Waals surface area contributed by atoms with Gasteiger partial charge in [0.1, 0.15) is 0 Å². The molecule has 1 unspecified atom stereocenters. The van der Waals surface area contributed by atoms with Crippen LogP contribution in [0.15, 0.2) is 4.99 Å². The lowest BCUT2D eigenvalue weighted by Gasteiger charge is -2.09. The van der Waals surface area contributed by atoms with Crippen molar-refractivity contribution in [1.82, 2.24) is 10.6 Å². The minimum absolute atomic E-state index is 0.451. The van der Waals surface area contributed by atoms with Gasteiger partial charge in [0.05, 0.1) is 0 Å². The van der Waals surface area contributed by atoms with Crippen molar-refractivity contribution in [3.63, 3.8) is 0 Å². The molecule has 0 aliphatic rings. The monoisotopic (exact) mass is 171 g/mol. The molecule has 2 N–H and O–H groups in total. The summed E-state index contributed by atoms with van der Waals surface area (Å²) < 4.78 is 0. The average Bonchev–Trinajstić information content (AvgIpc) is 2.10. The Bertz CT molecular complexity index is 112. The maximum atomic E-state index is 4.00. The Morgan fingerprint density at radius 2 is 2.08 bits per heavy atom. The van der Waals surface area contributed by atoms with Crippen molar-refractivity contribution < 1.29 is 0 Å². The van der Waals surface area contributed by atoms with Gasteiger partial charge in [-0.2, -0.15) is 0 Å². The highest BCUT2D eigenvalue weighted by Crippen LogP contribution is 1.97. The maximum Gasteiger partial charge on any atom is 0.0417 e. The SMILES string of the molecule is C/N=C\C(CCCCNC)NC. The molecule has 0 spiro atoms. The fourth-order valence-electron chi connectivity index (χ4n) is 1.14. The van der Waals surface area contributed by atoms with Crippen molar-refractivity contribution in [1.29, 1.82) is 0 Å². The van der Waals surface area contributed by atoms with Gasteiger partial charge in [0.25, 0.3) is 0 Å². The summed E-state index contributed by atoms with van der Waals surface area (Å²) in [7, 11) is 5.78. The summed E-state index contributed by atoms with van der Waals surface area (Å²) in [4.78, 5) is 4.00. The van der Waals surface area contributed by atoms with E-state index in [9.17, 15) is 0 Å². The number of rotatable bonds is 7. The number of nitrogens with one attached hydrogen (secondary N) is 2. The fraction of sp³-hybridized carbons (Fsp3) is 0.889. The molecule has 0 aromatic heterocycles. The van der Waals surface area contributed by atoms with E-state index in [1.807, 2.05) is 27.4 Å². The summed E-state index contributed by atoms with van der Waals surface area (Å²) in [6.07, 6.45) is 5.64. The molecule has 0 saturated heterocycles. The van der Waals surface area contributed by atoms with Crippen LogP contribution in [0, 0.1) is 0 Å². The zero-order chi connectivity index (χ0) is 9.23. The molecule has 0 aliphatic carbocycles. The van der Waals surface area contributed by atoms with Gasteiger partial charge in [-0.25, -0.2) is 0 Å². The van der Waals surface area contributed by atoms with E-state index in [-0.39, 0.29) is 0 Å². The Balaban J connectivity index is 3.31. The molecule has 0 fully saturated rings. The first-order valence-corrected chi connectivity index (χ1v) is 4.59. The van der Waals surface area contributed by atoms with Gasteiger partial charge in [0, 0.05) is 19.3 Å². The largest absolute Gasteiger partial charge is 0.320 e. The minimum Gasteiger partial charge on any atom is -0.320 e. The van der Waals surface area contributed by atoms with Crippen LogP contribution >= 0.6 is 0 Å². The van der Waals surface area contributed by atoms with Gasteiger partial charge in [0.15, 0.2) is 0 Å². The molecule has 0 saturated carbocycles. The smallest absolute Gasteiger partial charge is 0.0417 e. The van der Waals surface area contributed by atoms with Crippen LogP contribution in [0.4, 0.5) is 0 Å². The standard InChI is InChI=1S/C9H21N3/c1-10-7-5-4-6-9(12-3)8-11-2/h8-10,12H,4-7H2,1-3H3/b11-8-. The Hall–Kier alpha value is -0.410. The number of unbranched alkanes of at least 4 members (excludes halogenated alkanes) is 1. The highest BCUT2D eigenvalue weighted by molar-refractivity contribution is 5.63. The number of nitrogens with zero attached hydrogens (tertiary/aromatic N) is 1. The van der Waals surface area contributed by atoms with Gasteiger partial charge in [-0.1, -0.05) is 6.42 Å². The quantitative estimate of drug-likeness (QED) is 0.436. The summed E-state index contributed by atoms with van der Waals surface area (Å²) in [6, 6.07) is 0.451. The molecule has 0 amide bonds. The molecular formula is C9H21N3. The molecule has 0 rings (SSSR count). The molecule has 72 valence electrons. The first-order valence-electron chi connectivity index (χ1n) is 4.59. The van der Waals surface area contributed by atoms with Gasteiger partial charge in [-0.3, -0.25) is 4.99 Å². The fourth-order valence-corrected chi connectivity index (χ4v) is 1.14. The average molecular weight is 171 g/mol. The van der Waals surface area contributed by atoms with Crippen molar-refractivity contribution in [2.24, 2.45) is 4.99 Å². The molecule has 1 atom stereocenters. The Kier molecular flexibility index (Phi) is 8.39. The van der Waals surface area contributed by atoms with E-state index in [0.29, 0.717) is 6.04 Å². The van der Waals surface area contributed by atoms with Crippen molar-refractivity contribution >= 4 is 6.21 Å². The van der Waals surface area contributed by atoms with Crippen LogP contribution in [0.25, 0.3) is 0 Å². The third-order valence-electron chi connectivity index (χ3n) is 1.89. The third kappa shape index (κ3) is 6.31. The molecule has 3 heteroatoms. The van der Waals surface area contributed by atoms with Gasteiger partial charge >= 0.3 is 0 Å². The first kappa shape index (κ1) is 11.6. The second-order valence-electron chi connectivity index (χ2n) is 2.90. The summed E-state index contributed by atoms with van der Waals surface area (Å²) in [6.45, 7) is 1.11. The zero-order valence-electron chi connectivity index (χ0n) is 8.43. The summed E-state index contributed by atoms with van der Waals surface area (Å²) in [5.41, 5.74) is 0. The van der Waals surface area contributed by atoms with Crippen molar-refractivity contribution in [2.45, 2.75) is 25.3 Å². The Labute approximate surface area is 75.7 Å². The number of hydrogen-bond acceptors (Lipinski definition) is 3. The zero-order valence-corrected chi connectivity index (χ0v) is 8.43. The lowest BCUT2D eigenvalue weighted by Crippen LogP contribution is -2.26. The van der Waals surface area contributed by atoms with Gasteiger partial charge < -0.3 is 10.6 Å². The summed E-state index contributed by atoms with van der Waals surface area (Å²) in [5.74, 6) is 0. The predicted octanol–water partition coefficient (Wildman–Crippen LogP) is 0.665.